The number of nitrogens with zero attached hydrogens (tertiary/aromatic N) is 3. The minimum Gasteiger partial charge on any atom is -0.359 e. The first-order valence-electron chi connectivity index (χ1n) is 6.67. The molecule has 2 heterocycles. The average Bonchev–Trinajstić information content (AvgIpc) is 2.70. The van der Waals surface area contributed by atoms with Crippen LogP contribution in [0.3, 0.4) is 0 Å². The lowest BCUT2D eigenvalue weighted by molar-refractivity contribution is 0.0808. The Labute approximate surface area is 131 Å². The van der Waals surface area contributed by atoms with Gasteiger partial charge < -0.3 is 4.74 Å². The predicted octanol–water partition coefficient (Wildman–Crippen LogP) is 4.44. The van der Waals surface area contributed by atoms with Crippen LogP contribution in [-0.4, -0.2) is 29.4 Å². The van der Waals surface area contributed by atoms with Crippen molar-refractivity contribution >= 4 is 35.0 Å². The van der Waals surface area contributed by atoms with Crippen molar-refractivity contribution in [3.05, 3.63) is 22.4 Å². The van der Waals surface area contributed by atoms with E-state index in [4.69, 9.17) is 4.74 Å². The molecule has 0 aromatic carbocycles. The van der Waals surface area contributed by atoms with Crippen LogP contribution in [0.15, 0.2) is 16.7 Å². The zero-order valence-electron chi connectivity index (χ0n) is 12.2. The fourth-order valence-corrected chi connectivity index (χ4v) is 3.03. The van der Waals surface area contributed by atoms with E-state index in [1.165, 1.54) is 10.7 Å². The summed E-state index contributed by atoms with van der Waals surface area (Å²) in [4.78, 5) is 3.97. The molecular formula is C13H18BrF2N3OSi. The van der Waals surface area contributed by atoms with Gasteiger partial charge in [-0.15, -0.1) is 0 Å². The SMILES string of the molecule is C[Si](C)(C)CCOCn1nc(Br)c2ccc(C(F)F)nc21. The minimum absolute atomic E-state index is 0.215. The van der Waals surface area contributed by atoms with Gasteiger partial charge in [-0.05, 0) is 34.1 Å². The number of hydrogen-bond acceptors (Lipinski definition) is 3. The average molecular weight is 378 g/mol. The molecule has 0 aliphatic carbocycles. The molecule has 0 unspecified atom stereocenters. The highest BCUT2D eigenvalue weighted by atomic mass is 79.9. The van der Waals surface area contributed by atoms with Gasteiger partial charge in [-0.25, -0.2) is 18.4 Å². The van der Waals surface area contributed by atoms with Gasteiger partial charge >= 0.3 is 0 Å². The standard InChI is InChI=1S/C13H18BrF2N3OSi/c1-21(2,3)7-6-20-8-19-13-9(11(14)18-19)4-5-10(17-13)12(15)16/h4-5,12H,6-8H2,1-3H3. The van der Waals surface area contributed by atoms with Gasteiger partial charge in [-0.2, -0.15) is 5.10 Å². The Bertz CT molecular complexity index is 628. The van der Waals surface area contributed by atoms with Crippen LogP contribution in [0.4, 0.5) is 8.78 Å². The molecule has 0 saturated heterocycles. The first kappa shape index (κ1) is 16.5. The van der Waals surface area contributed by atoms with E-state index in [9.17, 15) is 8.78 Å². The van der Waals surface area contributed by atoms with E-state index in [1.807, 2.05) is 0 Å². The quantitative estimate of drug-likeness (QED) is 0.551. The van der Waals surface area contributed by atoms with Crippen LogP contribution in [-0.2, 0) is 11.5 Å². The van der Waals surface area contributed by atoms with Crippen molar-refractivity contribution in [1.82, 2.24) is 14.8 Å². The number of rotatable bonds is 6. The number of ether oxygens (including phenoxy) is 1. The van der Waals surface area contributed by atoms with E-state index in [-0.39, 0.29) is 12.4 Å². The van der Waals surface area contributed by atoms with Crippen molar-refractivity contribution in [2.24, 2.45) is 0 Å². The molecule has 2 aromatic rings. The molecule has 2 aromatic heterocycles. The normalized spacial score (nSPS) is 12.5. The van der Waals surface area contributed by atoms with Gasteiger partial charge in [-0.3, -0.25) is 0 Å². The Morgan fingerprint density at radius 2 is 2.05 bits per heavy atom. The van der Waals surface area contributed by atoms with Crippen LogP contribution in [0.2, 0.25) is 25.7 Å². The van der Waals surface area contributed by atoms with Crippen LogP contribution in [0, 0.1) is 0 Å². The molecule has 21 heavy (non-hydrogen) atoms. The van der Waals surface area contributed by atoms with Crippen molar-refractivity contribution < 1.29 is 13.5 Å². The molecule has 0 amide bonds. The Kier molecular flexibility index (Phi) is 5.10. The predicted molar refractivity (Wildman–Crippen MR) is 84.3 cm³/mol. The molecule has 0 saturated carbocycles. The third kappa shape index (κ3) is 4.30. The first-order chi connectivity index (χ1) is 9.78. The van der Waals surface area contributed by atoms with Gasteiger partial charge in [0, 0.05) is 14.7 Å². The molecule has 0 spiro atoms. The second-order valence-corrected chi connectivity index (χ2v) is 12.4. The molecule has 0 bridgehead atoms. The van der Waals surface area contributed by atoms with Crippen molar-refractivity contribution in [3.63, 3.8) is 0 Å². The fraction of sp³-hybridized carbons (Fsp3) is 0.538. The highest BCUT2D eigenvalue weighted by Crippen LogP contribution is 2.25. The number of fused-ring (bicyclic) bond motifs is 1. The van der Waals surface area contributed by atoms with Gasteiger partial charge in [0.2, 0.25) is 0 Å². The van der Waals surface area contributed by atoms with E-state index in [0.717, 1.165) is 6.04 Å². The summed E-state index contributed by atoms with van der Waals surface area (Å²) in [6.07, 6.45) is -2.59. The Morgan fingerprint density at radius 1 is 1.33 bits per heavy atom. The molecule has 4 nitrogen and oxygen atoms in total. The van der Waals surface area contributed by atoms with E-state index < -0.39 is 14.5 Å². The largest absolute Gasteiger partial charge is 0.359 e. The maximum atomic E-state index is 12.7. The summed E-state index contributed by atoms with van der Waals surface area (Å²) in [5.41, 5.74) is 0.158. The molecule has 0 fully saturated rings. The topological polar surface area (TPSA) is 39.9 Å². The molecule has 116 valence electrons. The van der Waals surface area contributed by atoms with Crippen molar-refractivity contribution in [1.29, 1.82) is 0 Å². The van der Waals surface area contributed by atoms with E-state index in [0.29, 0.717) is 22.2 Å². The minimum atomic E-state index is -2.59. The zero-order chi connectivity index (χ0) is 15.6. The summed E-state index contributed by atoms with van der Waals surface area (Å²) in [6, 6.07) is 3.96. The molecule has 8 heteroatoms. The zero-order valence-corrected chi connectivity index (χ0v) is 14.8. The molecule has 0 atom stereocenters. The number of hydrogen-bond donors (Lipinski definition) is 0. The van der Waals surface area contributed by atoms with Crippen molar-refractivity contribution in [3.8, 4) is 0 Å². The van der Waals surface area contributed by atoms with Gasteiger partial charge in [0.05, 0.1) is 5.39 Å². The number of aromatic nitrogens is 3. The van der Waals surface area contributed by atoms with Crippen LogP contribution < -0.4 is 0 Å². The number of halogens is 3. The molecule has 0 N–H and O–H groups in total. The smallest absolute Gasteiger partial charge is 0.280 e. The maximum Gasteiger partial charge on any atom is 0.280 e. The summed E-state index contributed by atoms with van der Waals surface area (Å²) >= 11 is 3.31. The Hall–Kier alpha value is -0.863. The van der Waals surface area contributed by atoms with Gasteiger partial charge in [0.15, 0.2) is 5.65 Å². The Balaban J connectivity index is 2.14. The van der Waals surface area contributed by atoms with Crippen LogP contribution in [0.1, 0.15) is 12.1 Å². The number of pyridine rings is 1. The molecular weight excluding hydrogens is 360 g/mol. The highest BCUT2D eigenvalue weighted by Gasteiger charge is 2.16. The van der Waals surface area contributed by atoms with Gasteiger partial charge in [-0.1, -0.05) is 19.6 Å². The molecule has 0 radical (unpaired) electrons. The molecule has 0 aliphatic heterocycles. The summed E-state index contributed by atoms with van der Waals surface area (Å²) < 4.78 is 33.2. The summed E-state index contributed by atoms with van der Waals surface area (Å²) in [6.45, 7) is 7.67. The highest BCUT2D eigenvalue weighted by molar-refractivity contribution is 9.10. The van der Waals surface area contributed by atoms with E-state index in [2.05, 4.69) is 45.7 Å². The molecule has 0 aliphatic rings. The van der Waals surface area contributed by atoms with Crippen LogP contribution >= 0.6 is 15.9 Å². The van der Waals surface area contributed by atoms with Crippen molar-refractivity contribution in [2.75, 3.05) is 6.61 Å². The lowest BCUT2D eigenvalue weighted by Crippen LogP contribution is -2.22. The third-order valence-corrected chi connectivity index (χ3v) is 5.30. The van der Waals surface area contributed by atoms with Gasteiger partial charge in [0.25, 0.3) is 6.43 Å². The monoisotopic (exact) mass is 377 g/mol. The van der Waals surface area contributed by atoms with Crippen LogP contribution in [0.5, 0.6) is 0 Å². The van der Waals surface area contributed by atoms with Crippen LogP contribution in [0.25, 0.3) is 11.0 Å². The fourth-order valence-electron chi connectivity index (χ4n) is 1.77. The lowest BCUT2D eigenvalue weighted by Gasteiger charge is -2.15. The number of alkyl halides is 2. The second-order valence-electron chi connectivity index (χ2n) is 6.05. The third-order valence-electron chi connectivity index (χ3n) is 3.01. The maximum absolute atomic E-state index is 12.7. The summed E-state index contributed by atoms with van der Waals surface area (Å²) in [5, 5.41) is 4.94. The lowest BCUT2D eigenvalue weighted by atomic mass is 10.3. The van der Waals surface area contributed by atoms with E-state index in [1.54, 1.807) is 6.07 Å². The summed E-state index contributed by atoms with van der Waals surface area (Å²) in [7, 11) is -1.15. The Morgan fingerprint density at radius 3 is 2.67 bits per heavy atom. The van der Waals surface area contributed by atoms with Gasteiger partial charge in [0.1, 0.15) is 17.0 Å². The summed E-state index contributed by atoms with van der Waals surface area (Å²) in [5.74, 6) is 0. The second kappa shape index (κ2) is 6.49. The molecule has 2 rings (SSSR count). The first-order valence-corrected chi connectivity index (χ1v) is 11.2. The van der Waals surface area contributed by atoms with Crippen molar-refractivity contribution in [2.45, 2.75) is 38.8 Å². The van der Waals surface area contributed by atoms with E-state index >= 15 is 0 Å².